The minimum absolute atomic E-state index is 0.0949. The molecule has 0 aromatic carbocycles. The van der Waals surface area contributed by atoms with Crippen molar-refractivity contribution in [1.82, 2.24) is 9.78 Å². The molecule has 0 aliphatic rings. The van der Waals surface area contributed by atoms with Crippen molar-refractivity contribution < 1.29 is 4.39 Å². The van der Waals surface area contributed by atoms with Crippen LogP contribution in [-0.2, 0) is 0 Å². The molecule has 0 aliphatic heterocycles. The first kappa shape index (κ1) is 9.23. The third-order valence-corrected chi connectivity index (χ3v) is 1.79. The molecule has 0 radical (unpaired) electrons. The Labute approximate surface area is 72.4 Å². The summed E-state index contributed by atoms with van der Waals surface area (Å²) in [6, 6.07) is 1.60. The van der Waals surface area contributed by atoms with E-state index in [9.17, 15) is 4.39 Å². The maximum absolute atomic E-state index is 13.1. The van der Waals surface area contributed by atoms with E-state index in [1.165, 1.54) is 10.7 Å². The highest BCUT2D eigenvalue weighted by Gasteiger charge is 2.11. The lowest BCUT2D eigenvalue weighted by atomic mass is 10.1. The Hall–Kier alpha value is -0.860. The number of nitrogens with zero attached hydrogens (tertiary/aromatic N) is 2. The van der Waals surface area contributed by atoms with Crippen molar-refractivity contribution in [2.75, 3.05) is 0 Å². The highest BCUT2D eigenvalue weighted by atomic mass is 19.1. The third-order valence-electron chi connectivity index (χ3n) is 1.79. The molecule has 0 spiro atoms. The van der Waals surface area contributed by atoms with Gasteiger partial charge in [0.2, 0.25) is 5.95 Å². The first-order valence-electron chi connectivity index (χ1n) is 4.27. The van der Waals surface area contributed by atoms with Crippen LogP contribution in [0.5, 0.6) is 0 Å². The molecule has 1 rings (SSSR count). The fourth-order valence-electron chi connectivity index (χ4n) is 1.03. The Balaban J connectivity index is 3.00. The van der Waals surface area contributed by atoms with Gasteiger partial charge < -0.3 is 0 Å². The van der Waals surface area contributed by atoms with Gasteiger partial charge in [-0.1, -0.05) is 13.8 Å². The van der Waals surface area contributed by atoms with E-state index in [1.807, 2.05) is 27.7 Å². The number of halogens is 1. The van der Waals surface area contributed by atoms with E-state index >= 15 is 0 Å². The third kappa shape index (κ3) is 1.65. The van der Waals surface area contributed by atoms with Gasteiger partial charge >= 0.3 is 0 Å². The molecular weight excluding hydrogens is 155 g/mol. The van der Waals surface area contributed by atoms with Gasteiger partial charge in [0.1, 0.15) is 0 Å². The molecule has 0 fully saturated rings. The SMILES string of the molecule is CC(C)c1cc(F)n(C(C)C)n1. The van der Waals surface area contributed by atoms with Crippen LogP contribution in [0.2, 0.25) is 0 Å². The van der Waals surface area contributed by atoms with Crippen LogP contribution >= 0.6 is 0 Å². The van der Waals surface area contributed by atoms with Gasteiger partial charge in [-0.05, 0) is 19.8 Å². The van der Waals surface area contributed by atoms with Crippen molar-refractivity contribution in [3.8, 4) is 0 Å². The Morgan fingerprint density at radius 3 is 2.17 bits per heavy atom. The quantitative estimate of drug-likeness (QED) is 0.667. The molecule has 2 nitrogen and oxygen atoms in total. The molecule has 0 unspecified atom stereocenters. The van der Waals surface area contributed by atoms with Crippen LogP contribution in [0.25, 0.3) is 0 Å². The van der Waals surface area contributed by atoms with Crippen LogP contribution in [0.1, 0.15) is 45.3 Å². The zero-order valence-electron chi connectivity index (χ0n) is 8.00. The molecule has 0 saturated carbocycles. The van der Waals surface area contributed by atoms with Crippen molar-refractivity contribution in [3.05, 3.63) is 17.7 Å². The summed E-state index contributed by atoms with van der Waals surface area (Å²) in [6.07, 6.45) is 0. The smallest absolute Gasteiger partial charge is 0.211 e. The average molecular weight is 170 g/mol. The van der Waals surface area contributed by atoms with Crippen LogP contribution in [0.4, 0.5) is 4.39 Å². The summed E-state index contributed by atoms with van der Waals surface area (Å²) in [6.45, 7) is 7.85. The summed E-state index contributed by atoms with van der Waals surface area (Å²) in [5.41, 5.74) is 0.821. The molecule has 0 amide bonds. The molecule has 0 saturated heterocycles. The van der Waals surface area contributed by atoms with Gasteiger partial charge in [0.25, 0.3) is 0 Å². The van der Waals surface area contributed by atoms with Crippen LogP contribution < -0.4 is 0 Å². The van der Waals surface area contributed by atoms with E-state index in [0.717, 1.165) is 5.69 Å². The molecule has 1 aromatic rings. The van der Waals surface area contributed by atoms with E-state index in [-0.39, 0.29) is 12.0 Å². The Morgan fingerprint density at radius 2 is 1.92 bits per heavy atom. The van der Waals surface area contributed by atoms with Crippen molar-refractivity contribution >= 4 is 0 Å². The van der Waals surface area contributed by atoms with Crippen LogP contribution in [0, 0.1) is 5.95 Å². The number of hydrogen-bond acceptors (Lipinski definition) is 1. The first-order chi connectivity index (χ1) is 5.52. The molecule has 3 heteroatoms. The fraction of sp³-hybridized carbons (Fsp3) is 0.667. The van der Waals surface area contributed by atoms with Crippen molar-refractivity contribution in [3.63, 3.8) is 0 Å². The van der Waals surface area contributed by atoms with Gasteiger partial charge in [-0.25, -0.2) is 4.68 Å². The molecule has 0 atom stereocenters. The van der Waals surface area contributed by atoms with E-state index in [2.05, 4.69) is 5.10 Å². The summed E-state index contributed by atoms with van der Waals surface area (Å²) in [7, 11) is 0. The number of hydrogen-bond donors (Lipinski definition) is 0. The number of aromatic nitrogens is 2. The maximum atomic E-state index is 13.1. The van der Waals surface area contributed by atoms with E-state index in [4.69, 9.17) is 0 Å². The first-order valence-corrected chi connectivity index (χ1v) is 4.27. The largest absolute Gasteiger partial charge is 0.237 e. The predicted octanol–water partition coefficient (Wildman–Crippen LogP) is 2.73. The highest BCUT2D eigenvalue weighted by molar-refractivity contribution is 5.05. The van der Waals surface area contributed by atoms with Crippen molar-refractivity contribution in [2.24, 2.45) is 0 Å². The minimum Gasteiger partial charge on any atom is -0.237 e. The Kier molecular flexibility index (Phi) is 2.50. The summed E-state index contributed by atoms with van der Waals surface area (Å²) >= 11 is 0. The Morgan fingerprint density at radius 1 is 1.33 bits per heavy atom. The number of rotatable bonds is 2. The van der Waals surface area contributed by atoms with E-state index in [0.29, 0.717) is 5.92 Å². The summed E-state index contributed by atoms with van der Waals surface area (Å²) in [4.78, 5) is 0. The average Bonchev–Trinajstić information content (AvgIpc) is 2.30. The van der Waals surface area contributed by atoms with Gasteiger partial charge in [-0.2, -0.15) is 9.49 Å². The predicted molar refractivity (Wildman–Crippen MR) is 46.7 cm³/mol. The van der Waals surface area contributed by atoms with Gasteiger partial charge in [0.05, 0.1) is 5.69 Å². The second-order valence-corrected chi connectivity index (χ2v) is 3.58. The van der Waals surface area contributed by atoms with E-state index < -0.39 is 0 Å². The molecule has 0 N–H and O–H groups in total. The minimum atomic E-state index is -0.242. The molecule has 0 aliphatic carbocycles. The zero-order chi connectivity index (χ0) is 9.30. The second kappa shape index (κ2) is 3.25. The van der Waals surface area contributed by atoms with Crippen molar-refractivity contribution in [1.29, 1.82) is 0 Å². The van der Waals surface area contributed by atoms with Crippen molar-refractivity contribution in [2.45, 2.75) is 39.7 Å². The molecule has 0 bridgehead atoms. The highest BCUT2D eigenvalue weighted by Crippen LogP contribution is 2.16. The molecule has 1 heterocycles. The molecule has 12 heavy (non-hydrogen) atoms. The molecule has 68 valence electrons. The molecular formula is C9H15FN2. The standard InChI is InChI=1S/C9H15FN2/c1-6(2)8-5-9(10)12(11-8)7(3)4/h5-7H,1-4H3. The summed E-state index contributed by atoms with van der Waals surface area (Å²) < 4.78 is 14.5. The second-order valence-electron chi connectivity index (χ2n) is 3.58. The van der Waals surface area contributed by atoms with Crippen LogP contribution in [0.3, 0.4) is 0 Å². The molecule has 1 aromatic heterocycles. The summed E-state index contributed by atoms with van der Waals surface area (Å²) in [5, 5.41) is 4.15. The fourth-order valence-corrected chi connectivity index (χ4v) is 1.03. The topological polar surface area (TPSA) is 17.8 Å². The normalized spacial score (nSPS) is 11.6. The monoisotopic (exact) mass is 170 g/mol. The van der Waals surface area contributed by atoms with Gasteiger partial charge in [-0.3, -0.25) is 0 Å². The van der Waals surface area contributed by atoms with E-state index in [1.54, 1.807) is 0 Å². The van der Waals surface area contributed by atoms with Gasteiger partial charge in [0, 0.05) is 12.1 Å². The maximum Gasteiger partial charge on any atom is 0.211 e. The van der Waals surface area contributed by atoms with Crippen LogP contribution in [-0.4, -0.2) is 9.78 Å². The lowest BCUT2D eigenvalue weighted by molar-refractivity contribution is 0.413. The lowest BCUT2D eigenvalue weighted by Gasteiger charge is -2.05. The van der Waals surface area contributed by atoms with Gasteiger partial charge in [-0.15, -0.1) is 0 Å². The van der Waals surface area contributed by atoms with Crippen LogP contribution in [0.15, 0.2) is 6.07 Å². The summed E-state index contributed by atoms with van der Waals surface area (Å²) in [5.74, 6) is 0.0493. The zero-order valence-corrected chi connectivity index (χ0v) is 8.00. The Bertz CT molecular complexity index is 263. The van der Waals surface area contributed by atoms with Gasteiger partial charge in [0.15, 0.2) is 0 Å². The lowest BCUT2D eigenvalue weighted by Crippen LogP contribution is -2.05.